The van der Waals surface area contributed by atoms with Crippen LogP contribution in [-0.2, 0) is 0 Å². The molecular weight excluding hydrogens is 228 g/mol. The Morgan fingerprint density at radius 2 is 1.50 bits per heavy atom. The van der Waals surface area contributed by atoms with Crippen molar-refractivity contribution in [2.75, 3.05) is 0 Å². The van der Waals surface area contributed by atoms with Crippen LogP contribution >= 0.6 is 0 Å². The zero-order valence-corrected chi connectivity index (χ0v) is 14.4. The monoisotopic (exact) mass is 258 g/mol. The van der Waals surface area contributed by atoms with Gasteiger partial charge in [-0.05, 0) is 22.9 Å². The minimum absolute atomic E-state index is 0.00391. The largest absolute Gasteiger partial charge is 0.396 e. The van der Waals surface area contributed by atoms with E-state index in [1.165, 1.54) is 6.42 Å². The first kappa shape index (κ1) is 14.5. The summed E-state index contributed by atoms with van der Waals surface area (Å²) in [6, 6.07) is 0. The molecule has 3 heteroatoms. The molecule has 0 bridgehead atoms. The molecule has 1 saturated carbocycles. The first-order valence-corrected chi connectivity index (χ1v) is 13.2. The fourth-order valence-corrected chi connectivity index (χ4v) is 7.50. The molecule has 16 heavy (non-hydrogen) atoms. The van der Waals surface area contributed by atoms with Crippen molar-refractivity contribution >= 4 is 16.1 Å². The van der Waals surface area contributed by atoms with Crippen LogP contribution in [0.1, 0.15) is 27.2 Å². The highest BCUT2D eigenvalue weighted by Crippen LogP contribution is 2.57. The van der Waals surface area contributed by atoms with Crippen LogP contribution in [0.3, 0.4) is 0 Å². The van der Waals surface area contributed by atoms with Crippen LogP contribution in [0.2, 0.25) is 43.3 Å². The minimum atomic E-state index is -1.55. The standard InChI is InChI=1S/C13H30OSi2/c1-13(2,3)16(7,8)12(14)10-9-11(10)15(4,5)6/h10-12,14H,9H2,1-8H3/t10-,11-,12+/m0/s1. The molecule has 0 radical (unpaired) electrons. The van der Waals surface area contributed by atoms with E-state index in [1.807, 2.05) is 0 Å². The summed E-state index contributed by atoms with van der Waals surface area (Å²) >= 11 is 0. The molecule has 1 N–H and O–H groups in total. The molecule has 1 aliphatic carbocycles. The lowest BCUT2D eigenvalue weighted by molar-refractivity contribution is 0.214. The van der Waals surface area contributed by atoms with Gasteiger partial charge in [0.05, 0.1) is 8.07 Å². The molecule has 1 rings (SSSR count). The molecule has 0 aromatic rings. The summed E-state index contributed by atoms with van der Waals surface area (Å²) in [4.78, 5) is 0. The van der Waals surface area contributed by atoms with Gasteiger partial charge in [0.1, 0.15) is 0 Å². The van der Waals surface area contributed by atoms with E-state index in [4.69, 9.17) is 0 Å². The predicted molar refractivity (Wildman–Crippen MR) is 78.4 cm³/mol. The van der Waals surface area contributed by atoms with E-state index in [0.717, 1.165) is 5.54 Å². The molecule has 3 atom stereocenters. The Hall–Kier alpha value is 0.394. The van der Waals surface area contributed by atoms with Gasteiger partial charge in [-0.3, -0.25) is 0 Å². The minimum Gasteiger partial charge on any atom is -0.396 e. The molecule has 0 aromatic carbocycles. The van der Waals surface area contributed by atoms with Crippen molar-refractivity contribution in [1.29, 1.82) is 0 Å². The van der Waals surface area contributed by atoms with Gasteiger partial charge >= 0.3 is 0 Å². The van der Waals surface area contributed by atoms with Crippen molar-refractivity contribution in [1.82, 2.24) is 0 Å². The zero-order chi connectivity index (χ0) is 12.9. The van der Waals surface area contributed by atoms with E-state index in [1.54, 1.807) is 0 Å². The maximum absolute atomic E-state index is 10.7. The number of aliphatic hydroxyl groups is 1. The van der Waals surface area contributed by atoms with E-state index in [2.05, 4.69) is 53.5 Å². The van der Waals surface area contributed by atoms with Crippen molar-refractivity contribution in [3.8, 4) is 0 Å². The summed E-state index contributed by atoms with van der Waals surface area (Å²) in [7, 11) is -2.58. The van der Waals surface area contributed by atoms with Gasteiger partial charge in [-0.15, -0.1) is 0 Å². The summed E-state index contributed by atoms with van der Waals surface area (Å²) in [5.74, 6) is 0.632. The summed E-state index contributed by atoms with van der Waals surface area (Å²) < 4.78 is 0. The topological polar surface area (TPSA) is 20.2 Å². The average Bonchev–Trinajstić information content (AvgIpc) is 2.77. The van der Waals surface area contributed by atoms with Gasteiger partial charge in [-0.2, -0.15) is 0 Å². The van der Waals surface area contributed by atoms with Crippen molar-refractivity contribution in [3.05, 3.63) is 0 Å². The van der Waals surface area contributed by atoms with Gasteiger partial charge in [0.25, 0.3) is 0 Å². The third-order valence-corrected chi connectivity index (χ3v) is 13.7. The van der Waals surface area contributed by atoms with Gasteiger partial charge in [0.2, 0.25) is 0 Å². The van der Waals surface area contributed by atoms with Crippen molar-refractivity contribution in [2.24, 2.45) is 5.92 Å². The van der Waals surface area contributed by atoms with Gasteiger partial charge in [0, 0.05) is 13.8 Å². The fourth-order valence-electron chi connectivity index (χ4n) is 2.54. The molecule has 0 heterocycles. The van der Waals surface area contributed by atoms with E-state index < -0.39 is 16.1 Å². The Balaban J connectivity index is 2.72. The molecule has 0 saturated heterocycles. The lowest BCUT2D eigenvalue weighted by Gasteiger charge is -2.41. The molecule has 0 spiro atoms. The van der Waals surface area contributed by atoms with Gasteiger partial charge in [-0.1, -0.05) is 53.5 Å². The summed E-state index contributed by atoms with van der Waals surface area (Å²) in [6.07, 6.45) is 1.30. The van der Waals surface area contributed by atoms with E-state index in [-0.39, 0.29) is 5.73 Å². The molecule has 0 unspecified atom stereocenters. The molecule has 0 aliphatic heterocycles. The number of hydrogen-bond donors (Lipinski definition) is 1. The van der Waals surface area contributed by atoms with Crippen LogP contribution < -0.4 is 0 Å². The Morgan fingerprint density at radius 1 is 1.06 bits per heavy atom. The maximum atomic E-state index is 10.7. The predicted octanol–water partition coefficient (Wildman–Crippen LogP) is 4.12. The van der Waals surface area contributed by atoms with Gasteiger partial charge < -0.3 is 5.11 Å². The molecule has 1 aliphatic rings. The first-order chi connectivity index (χ1) is 6.89. The molecule has 0 aromatic heterocycles. The van der Waals surface area contributed by atoms with Crippen molar-refractivity contribution in [2.45, 2.75) is 76.2 Å². The third-order valence-electron chi connectivity index (χ3n) is 5.03. The smallest absolute Gasteiger partial charge is 0.0868 e. The molecule has 1 nitrogen and oxygen atoms in total. The quantitative estimate of drug-likeness (QED) is 0.755. The molecular formula is C13H30OSi2. The lowest BCUT2D eigenvalue weighted by atomic mass is 10.2. The number of aliphatic hydroxyl groups excluding tert-OH is 1. The summed E-state index contributed by atoms with van der Waals surface area (Å²) in [5, 5.41) is 11.0. The van der Waals surface area contributed by atoms with Crippen LogP contribution in [0.15, 0.2) is 0 Å². The highest BCUT2D eigenvalue weighted by atomic mass is 28.3. The highest BCUT2D eigenvalue weighted by molar-refractivity contribution is 6.82. The van der Waals surface area contributed by atoms with Crippen LogP contribution in [-0.4, -0.2) is 27.0 Å². The Bertz CT molecular complexity index is 260. The van der Waals surface area contributed by atoms with E-state index in [9.17, 15) is 5.11 Å². The average molecular weight is 259 g/mol. The van der Waals surface area contributed by atoms with Gasteiger partial charge in [-0.25, -0.2) is 0 Å². The lowest BCUT2D eigenvalue weighted by Crippen LogP contribution is -2.51. The zero-order valence-electron chi connectivity index (χ0n) is 12.4. The van der Waals surface area contributed by atoms with Gasteiger partial charge in [0.15, 0.2) is 0 Å². The van der Waals surface area contributed by atoms with Crippen LogP contribution in [0.4, 0.5) is 0 Å². The highest BCUT2D eigenvalue weighted by Gasteiger charge is 2.55. The SMILES string of the molecule is CC(C)(C)[Si](C)(C)[C@@H](O)[C@H]1C[C@@H]1[Si](C)(C)C. The van der Waals surface area contributed by atoms with Crippen molar-refractivity contribution in [3.63, 3.8) is 0 Å². The Kier molecular flexibility index (Phi) is 3.57. The molecule has 1 fully saturated rings. The van der Waals surface area contributed by atoms with Crippen LogP contribution in [0.25, 0.3) is 0 Å². The maximum Gasteiger partial charge on any atom is 0.0868 e. The summed E-state index contributed by atoms with van der Waals surface area (Å²) in [6.45, 7) is 18.9. The van der Waals surface area contributed by atoms with E-state index >= 15 is 0 Å². The summed E-state index contributed by atoms with van der Waals surface area (Å²) in [5.41, 5.74) is 0.876. The van der Waals surface area contributed by atoms with Crippen LogP contribution in [0, 0.1) is 5.92 Å². The second-order valence-corrected chi connectivity index (χ2v) is 19.3. The third kappa shape index (κ3) is 2.62. The second kappa shape index (κ2) is 3.96. The first-order valence-electron chi connectivity index (χ1n) is 6.57. The number of rotatable bonds is 3. The van der Waals surface area contributed by atoms with Crippen LogP contribution in [0.5, 0.6) is 0 Å². The van der Waals surface area contributed by atoms with Crippen molar-refractivity contribution < 1.29 is 5.11 Å². The van der Waals surface area contributed by atoms with E-state index in [0.29, 0.717) is 11.0 Å². The second-order valence-electron chi connectivity index (χ2n) is 8.29. The molecule has 96 valence electrons. The Labute approximate surface area is 104 Å². The fraction of sp³-hybridized carbons (Fsp3) is 1.00. The molecule has 0 amide bonds. The number of hydrogen-bond acceptors (Lipinski definition) is 1. The normalized spacial score (nSPS) is 29.1. The Morgan fingerprint density at radius 3 is 1.75 bits per heavy atom.